The van der Waals surface area contributed by atoms with Gasteiger partial charge in [-0.1, -0.05) is 17.3 Å². The van der Waals surface area contributed by atoms with E-state index in [9.17, 15) is 4.79 Å². The van der Waals surface area contributed by atoms with Crippen molar-refractivity contribution in [3.05, 3.63) is 56.1 Å². The van der Waals surface area contributed by atoms with Gasteiger partial charge < -0.3 is 20.5 Å². The summed E-state index contributed by atoms with van der Waals surface area (Å²) in [6, 6.07) is 7.19. The molecule has 189 valence electrons. The molecular weight excluding hydrogens is 543 g/mol. The van der Waals surface area contributed by atoms with Crippen molar-refractivity contribution in [1.29, 1.82) is 0 Å². The molecule has 12 nitrogen and oxygen atoms in total. The number of para-hydroxylation sites is 2. The molecule has 1 atom stereocenters. The van der Waals surface area contributed by atoms with Crippen molar-refractivity contribution < 1.29 is 48.7 Å². The van der Waals surface area contributed by atoms with E-state index < -0.39 is 12.0 Å². The number of ether oxygens (including phenoxy) is 1. The van der Waals surface area contributed by atoms with Crippen LogP contribution < -0.4 is 15.4 Å². The summed E-state index contributed by atoms with van der Waals surface area (Å²) >= 11 is 0. The van der Waals surface area contributed by atoms with Crippen molar-refractivity contribution in [1.82, 2.24) is 19.9 Å². The fraction of sp³-hybridized carbons (Fsp3) is 0.455. The van der Waals surface area contributed by atoms with Crippen LogP contribution in [0.25, 0.3) is 0 Å². The first-order chi connectivity index (χ1) is 16.6. The predicted octanol–water partition coefficient (Wildman–Crippen LogP) is 0.338. The van der Waals surface area contributed by atoms with Crippen LogP contribution in [0.1, 0.15) is 12.1 Å². The Morgan fingerprint density at radius 2 is 1.71 bits per heavy atom. The average molecular weight is 571 g/mol. The van der Waals surface area contributed by atoms with Crippen molar-refractivity contribution in [3.63, 3.8) is 0 Å². The van der Waals surface area contributed by atoms with Crippen LogP contribution in [-0.4, -0.2) is 76.8 Å². The third-order valence-electron chi connectivity index (χ3n) is 4.99. The molecular formula is C22H28N6O6Tc. The molecule has 0 aliphatic carbocycles. The number of aryl methyl sites for hydroxylation is 1. The van der Waals surface area contributed by atoms with E-state index in [2.05, 4.69) is 46.1 Å². The van der Waals surface area contributed by atoms with Crippen LogP contribution >= 0.6 is 0 Å². The van der Waals surface area contributed by atoms with Crippen LogP contribution in [0.2, 0.25) is 0 Å². The summed E-state index contributed by atoms with van der Waals surface area (Å²) in [5.74, 6) is -0.109. The van der Waals surface area contributed by atoms with E-state index in [4.69, 9.17) is 29.5 Å². The van der Waals surface area contributed by atoms with Gasteiger partial charge in [-0.05, 0) is 18.6 Å². The number of methoxy groups -OCH3 is 1. The maximum atomic E-state index is 10.8. The van der Waals surface area contributed by atoms with Crippen molar-refractivity contribution in [2.45, 2.75) is 25.4 Å². The second kappa shape index (κ2) is 20.6. The number of rotatable bonds is 9. The van der Waals surface area contributed by atoms with E-state index in [0.717, 1.165) is 57.1 Å². The van der Waals surface area contributed by atoms with Gasteiger partial charge >= 0.3 is 39.9 Å². The molecule has 1 radical (unpaired) electrons. The minimum atomic E-state index is -1.03. The Labute approximate surface area is 217 Å². The maximum absolute atomic E-state index is 10.8. The molecule has 2 heterocycles. The number of hydrogen-bond acceptors (Lipinski definition) is 7. The molecule has 0 amide bonds. The first-order valence-electron chi connectivity index (χ1n) is 10.2. The van der Waals surface area contributed by atoms with Crippen LogP contribution in [0.15, 0.2) is 30.5 Å². The monoisotopic (exact) mass is 571 g/mol. The third kappa shape index (κ3) is 12.0. The van der Waals surface area contributed by atoms with E-state index in [1.165, 1.54) is 0 Å². The Morgan fingerprint density at radius 1 is 1.11 bits per heavy atom. The summed E-state index contributed by atoms with van der Waals surface area (Å²) in [6.07, 6.45) is 2.94. The predicted molar refractivity (Wildman–Crippen MR) is 117 cm³/mol. The summed E-state index contributed by atoms with van der Waals surface area (Å²) in [5.41, 5.74) is 7.30. The summed E-state index contributed by atoms with van der Waals surface area (Å²) in [7, 11) is 1.71. The van der Waals surface area contributed by atoms with Crippen molar-refractivity contribution in [3.8, 4) is 5.75 Å². The van der Waals surface area contributed by atoms with Gasteiger partial charge in [0.05, 0.1) is 18.5 Å². The summed E-state index contributed by atoms with van der Waals surface area (Å²) in [4.78, 5) is 15.6. The number of piperazine rings is 1. The Morgan fingerprint density at radius 3 is 2.29 bits per heavy atom. The molecule has 1 saturated heterocycles. The van der Waals surface area contributed by atoms with E-state index in [1.807, 2.05) is 18.2 Å². The molecule has 1 aromatic heterocycles. The van der Waals surface area contributed by atoms with Gasteiger partial charge in [-0.25, -0.2) is 0 Å². The quantitative estimate of drug-likeness (QED) is 0.321. The van der Waals surface area contributed by atoms with Gasteiger partial charge in [0.15, 0.2) is 0 Å². The molecule has 0 bridgehead atoms. The molecule has 1 aliphatic rings. The van der Waals surface area contributed by atoms with E-state index in [0.29, 0.717) is 5.69 Å². The van der Waals surface area contributed by atoms with Crippen molar-refractivity contribution in [2.24, 2.45) is 5.73 Å². The van der Waals surface area contributed by atoms with Gasteiger partial charge in [0.2, 0.25) is 0 Å². The number of carboxylic acids is 1. The standard InChI is InChI=1S/C19H28N6O3.3CO.Tc/c1-28-18-6-3-2-5-17(18)24-11-9-23(10-12-24)7-4-8-25-14-15(21-22-25)13-16(20)19(26)27;3*1-2;/h2-3,5-6,14,16H,4,7-13,20H2,1H3,(H,26,27);;;;/t16-;;;;/m0..../s1/i;;;;1+1. The van der Waals surface area contributed by atoms with Gasteiger partial charge in [0, 0.05) is 72.0 Å². The molecule has 3 N–H and O–H groups in total. The van der Waals surface area contributed by atoms with Crippen molar-refractivity contribution in [2.75, 3.05) is 44.7 Å². The second-order valence-electron chi connectivity index (χ2n) is 6.98. The van der Waals surface area contributed by atoms with Crippen LogP contribution in [0.5, 0.6) is 5.75 Å². The number of carboxylic acid groups (broad SMARTS) is 1. The number of aliphatic carboxylic acids is 1. The molecule has 13 heteroatoms. The molecule has 1 aliphatic heterocycles. The number of anilines is 1. The zero-order valence-corrected chi connectivity index (χ0v) is 21.2. The SMILES string of the molecule is COc1ccccc1N1CCN(CCCn2cc(C[C@H](N)C(=O)O)nn2)CC1.[99Tc].[C-]#[O+].[C-]#[O+].[C-]#[O+]. The Hall–Kier alpha value is -2.78. The number of nitrogens with zero attached hydrogens (tertiary/aromatic N) is 5. The van der Waals surface area contributed by atoms with Crippen LogP contribution in [0, 0.1) is 20.0 Å². The second-order valence-corrected chi connectivity index (χ2v) is 6.98. The van der Waals surface area contributed by atoms with E-state index >= 15 is 0 Å². The molecule has 35 heavy (non-hydrogen) atoms. The zero-order chi connectivity index (χ0) is 25.9. The number of aromatic nitrogens is 3. The summed E-state index contributed by atoms with van der Waals surface area (Å²) < 4.78 is 29.7. The van der Waals surface area contributed by atoms with Gasteiger partial charge in [-0.15, -0.1) is 5.10 Å². The fourth-order valence-corrected chi connectivity index (χ4v) is 3.41. The van der Waals surface area contributed by atoms with Gasteiger partial charge in [-0.2, -0.15) is 0 Å². The molecule has 2 aromatic rings. The zero-order valence-electron chi connectivity index (χ0n) is 19.3. The van der Waals surface area contributed by atoms with Crippen LogP contribution in [-0.2, 0) is 51.8 Å². The molecule has 3 rings (SSSR count). The summed E-state index contributed by atoms with van der Waals surface area (Å²) in [5, 5.41) is 16.9. The number of hydrogen-bond donors (Lipinski definition) is 2. The molecule has 1 fully saturated rings. The molecule has 0 saturated carbocycles. The first kappa shape index (κ1) is 34.4. The minimum absolute atomic E-state index is 0. The Balaban J connectivity index is 0. The van der Waals surface area contributed by atoms with Crippen LogP contribution in [0.4, 0.5) is 5.69 Å². The molecule has 0 spiro atoms. The van der Waals surface area contributed by atoms with Crippen molar-refractivity contribution >= 4 is 11.7 Å². The van der Waals surface area contributed by atoms with Gasteiger partial charge in [0.1, 0.15) is 11.8 Å². The van der Waals surface area contributed by atoms with Crippen LogP contribution in [0.3, 0.4) is 0 Å². The van der Waals surface area contributed by atoms with Gasteiger partial charge in [-0.3, -0.25) is 14.4 Å². The Bertz CT molecular complexity index is 897. The number of carbonyl (C=O) groups is 1. The average Bonchev–Trinajstić information content (AvgIpc) is 3.35. The third-order valence-corrected chi connectivity index (χ3v) is 4.99. The number of benzene rings is 1. The van der Waals surface area contributed by atoms with E-state index in [-0.39, 0.29) is 26.5 Å². The Kier molecular flexibility index (Phi) is 20.2. The summed E-state index contributed by atoms with van der Waals surface area (Å²) in [6.45, 7) is 19.2. The van der Waals surface area contributed by atoms with Gasteiger partial charge in [0.25, 0.3) is 0 Å². The first-order valence-corrected chi connectivity index (χ1v) is 10.2. The molecule has 0 unspecified atom stereocenters. The molecule has 1 aromatic carbocycles. The normalized spacial score (nSPS) is 13.1. The van der Waals surface area contributed by atoms with E-state index in [1.54, 1.807) is 18.0 Å². The topological polar surface area (TPSA) is 169 Å². The fourth-order valence-electron chi connectivity index (χ4n) is 3.41. The number of nitrogens with two attached hydrogens (primary N) is 1.